The smallest absolute Gasteiger partial charge is 0.240 e. The van der Waals surface area contributed by atoms with E-state index in [0.717, 1.165) is 0 Å². The Morgan fingerprint density at radius 3 is 2.22 bits per heavy atom. The van der Waals surface area contributed by atoms with Crippen LogP contribution in [0.4, 0.5) is 16.0 Å². The van der Waals surface area contributed by atoms with E-state index in [1.807, 2.05) is 4.90 Å². The molecule has 2 fully saturated rings. The minimum atomic E-state index is -0.986. The summed E-state index contributed by atoms with van der Waals surface area (Å²) in [5.41, 5.74) is -0.494. The van der Waals surface area contributed by atoms with Crippen molar-refractivity contribution in [2.24, 2.45) is 5.41 Å². The number of carbonyl (C=O) groups excluding carboxylic acids is 2. The average Bonchev–Trinajstić information content (AvgIpc) is 3.52. The molecule has 27 heavy (non-hydrogen) atoms. The van der Waals surface area contributed by atoms with E-state index in [0.29, 0.717) is 50.7 Å². The number of hydrogen-bond donors (Lipinski definition) is 1. The van der Waals surface area contributed by atoms with Crippen molar-refractivity contribution in [2.45, 2.75) is 12.8 Å². The van der Waals surface area contributed by atoms with Crippen molar-refractivity contribution in [1.82, 2.24) is 14.9 Å². The van der Waals surface area contributed by atoms with E-state index in [1.165, 1.54) is 24.3 Å². The number of amides is 2. The first-order valence-corrected chi connectivity index (χ1v) is 8.97. The quantitative estimate of drug-likeness (QED) is 0.830. The molecular weight excluding hydrogens is 349 g/mol. The number of anilines is 2. The summed E-state index contributed by atoms with van der Waals surface area (Å²) in [5, 5.41) is 2.74. The van der Waals surface area contributed by atoms with Gasteiger partial charge in [-0.3, -0.25) is 9.59 Å². The molecule has 7 nitrogen and oxygen atoms in total. The van der Waals surface area contributed by atoms with E-state index in [-0.39, 0.29) is 17.6 Å². The van der Waals surface area contributed by atoms with Gasteiger partial charge in [0.15, 0.2) is 0 Å². The predicted octanol–water partition coefficient (Wildman–Crippen LogP) is 1.68. The molecule has 1 saturated carbocycles. The Hall–Kier alpha value is -3.03. The fraction of sp³-hybridized carbons (Fsp3) is 0.368. The maximum atomic E-state index is 13.0. The van der Waals surface area contributed by atoms with Crippen molar-refractivity contribution < 1.29 is 14.0 Å². The van der Waals surface area contributed by atoms with Crippen LogP contribution in [0.5, 0.6) is 0 Å². The first-order valence-electron chi connectivity index (χ1n) is 8.97. The van der Waals surface area contributed by atoms with E-state index in [9.17, 15) is 14.0 Å². The van der Waals surface area contributed by atoms with Crippen molar-refractivity contribution in [3.8, 4) is 0 Å². The van der Waals surface area contributed by atoms with Crippen LogP contribution in [0.2, 0.25) is 0 Å². The molecule has 4 rings (SSSR count). The van der Waals surface area contributed by atoms with Crippen LogP contribution >= 0.6 is 0 Å². The number of halogens is 1. The van der Waals surface area contributed by atoms with Crippen LogP contribution in [0.25, 0.3) is 0 Å². The molecule has 0 spiro atoms. The van der Waals surface area contributed by atoms with Gasteiger partial charge in [0.2, 0.25) is 17.8 Å². The lowest BCUT2D eigenvalue weighted by Crippen LogP contribution is -2.53. The van der Waals surface area contributed by atoms with E-state index in [1.54, 1.807) is 23.4 Å². The number of nitrogens with zero attached hydrogens (tertiary/aromatic N) is 4. The molecule has 2 amide bonds. The zero-order valence-corrected chi connectivity index (χ0v) is 14.8. The molecule has 2 aliphatic rings. The normalized spacial score (nSPS) is 18.1. The van der Waals surface area contributed by atoms with Crippen LogP contribution in [0.15, 0.2) is 42.7 Å². The molecule has 1 N–H and O–H groups in total. The molecule has 1 aromatic heterocycles. The van der Waals surface area contributed by atoms with Crippen molar-refractivity contribution in [2.75, 3.05) is 36.4 Å². The molecule has 140 valence electrons. The topological polar surface area (TPSA) is 78.4 Å². The Balaban J connectivity index is 1.38. The molecule has 0 radical (unpaired) electrons. The monoisotopic (exact) mass is 369 g/mol. The second-order valence-corrected chi connectivity index (χ2v) is 6.87. The molecule has 2 aromatic rings. The van der Waals surface area contributed by atoms with Gasteiger partial charge in [-0.25, -0.2) is 14.4 Å². The van der Waals surface area contributed by atoms with Crippen LogP contribution in [0, 0.1) is 11.2 Å². The molecule has 1 aromatic carbocycles. The number of nitrogens with one attached hydrogen (secondary N) is 1. The van der Waals surface area contributed by atoms with Crippen molar-refractivity contribution in [1.29, 1.82) is 0 Å². The van der Waals surface area contributed by atoms with Gasteiger partial charge in [0, 0.05) is 44.3 Å². The third-order valence-electron chi connectivity index (χ3n) is 5.10. The van der Waals surface area contributed by atoms with Crippen LogP contribution in [0.1, 0.15) is 12.8 Å². The summed E-state index contributed by atoms with van der Waals surface area (Å²) in [6.45, 7) is 2.32. The Bertz CT molecular complexity index is 831. The van der Waals surface area contributed by atoms with Gasteiger partial charge in [-0.15, -0.1) is 0 Å². The van der Waals surface area contributed by atoms with Gasteiger partial charge in [0.25, 0.3) is 0 Å². The van der Waals surface area contributed by atoms with Crippen LogP contribution < -0.4 is 10.2 Å². The minimum Gasteiger partial charge on any atom is -0.338 e. The van der Waals surface area contributed by atoms with E-state index < -0.39 is 5.41 Å². The SMILES string of the molecule is O=C(Nc1ccc(F)cc1)C1(C(=O)N2CCN(c3ncccn3)CC2)CC1. The highest BCUT2D eigenvalue weighted by atomic mass is 19.1. The van der Waals surface area contributed by atoms with Gasteiger partial charge >= 0.3 is 0 Å². The standard InChI is InChI=1S/C19H20FN5O2/c20-14-2-4-15(5-3-14)23-16(26)19(6-7-19)17(27)24-10-12-25(13-11-24)18-21-8-1-9-22-18/h1-5,8-9H,6-7,10-13H2,(H,23,26). The lowest BCUT2D eigenvalue weighted by molar-refractivity contribution is -0.142. The Labute approximate surface area is 156 Å². The summed E-state index contributed by atoms with van der Waals surface area (Å²) in [5.74, 6) is -0.158. The lowest BCUT2D eigenvalue weighted by Gasteiger charge is -2.36. The highest BCUT2D eigenvalue weighted by molar-refractivity contribution is 6.13. The van der Waals surface area contributed by atoms with Crippen LogP contribution in [0.3, 0.4) is 0 Å². The highest BCUT2D eigenvalue weighted by Gasteiger charge is 2.58. The molecule has 0 unspecified atom stereocenters. The number of carbonyl (C=O) groups is 2. The average molecular weight is 369 g/mol. The molecule has 0 atom stereocenters. The number of aromatic nitrogens is 2. The fourth-order valence-corrected chi connectivity index (χ4v) is 3.31. The maximum Gasteiger partial charge on any atom is 0.240 e. The van der Waals surface area contributed by atoms with Gasteiger partial charge in [0.05, 0.1) is 0 Å². The second-order valence-electron chi connectivity index (χ2n) is 6.87. The summed E-state index contributed by atoms with van der Waals surface area (Å²) in [6, 6.07) is 7.31. The summed E-state index contributed by atoms with van der Waals surface area (Å²) in [4.78, 5) is 37.9. The third kappa shape index (κ3) is 3.47. The number of piperazine rings is 1. The Kier molecular flexibility index (Phi) is 4.47. The van der Waals surface area contributed by atoms with Gasteiger partial charge < -0.3 is 15.1 Å². The summed E-state index contributed by atoms with van der Waals surface area (Å²) < 4.78 is 13.0. The van der Waals surface area contributed by atoms with Crippen molar-refractivity contribution >= 4 is 23.5 Å². The van der Waals surface area contributed by atoms with Crippen molar-refractivity contribution in [3.05, 3.63) is 48.5 Å². The fourth-order valence-electron chi connectivity index (χ4n) is 3.31. The summed E-state index contributed by atoms with van der Waals surface area (Å²) >= 11 is 0. The van der Waals surface area contributed by atoms with E-state index >= 15 is 0 Å². The molecular formula is C19H20FN5O2. The van der Waals surface area contributed by atoms with E-state index in [4.69, 9.17) is 0 Å². The third-order valence-corrected chi connectivity index (χ3v) is 5.10. The number of benzene rings is 1. The Morgan fingerprint density at radius 2 is 1.63 bits per heavy atom. The first kappa shape index (κ1) is 17.4. The second kappa shape index (κ2) is 6.94. The zero-order valence-electron chi connectivity index (χ0n) is 14.8. The number of rotatable bonds is 4. The molecule has 1 saturated heterocycles. The minimum absolute atomic E-state index is 0.129. The van der Waals surface area contributed by atoms with Crippen LogP contribution in [-0.4, -0.2) is 52.9 Å². The summed E-state index contributed by atoms with van der Waals surface area (Å²) in [6.07, 6.45) is 4.47. The van der Waals surface area contributed by atoms with Gasteiger partial charge in [0.1, 0.15) is 11.2 Å². The van der Waals surface area contributed by atoms with Gasteiger partial charge in [-0.05, 0) is 43.2 Å². The van der Waals surface area contributed by atoms with Crippen LogP contribution in [-0.2, 0) is 9.59 Å². The largest absolute Gasteiger partial charge is 0.338 e. The number of hydrogen-bond acceptors (Lipinski definition) is 5. The maximum absolute atomic E-state index is 13.0. The van der Waals surface area contributed by atoms with Gasteiger partial charge in [-0.1, -0.05) is 0 Å². The molecule has 0 bridgehead atoms. The molecule has 2 heterocycles. The highest BCUT2D eigenvalue weighted by Crippen LogP contribution is 2.48. The first-order chi connectivity index (χ1) is 13.1. The van der Waals surface area contributed by atoms with Crippen molar-refractivity contribution in [3.63, 3.8) is 0 Å². The van der Waals surface area contributed by atoms with Gasteiger partial charge in [-0.2, -0.15) is 0 Å². The zero-order chi connectivity index (χ0) is 18.9. The predicted molar refractivity (Wildman–Crippen MR) is 97.5 cm³/mol. The molecule has 1 aliphatic carbocycles. The Morgan fingerprint density at radius 1 is 1.00 bits per heavy atom. The summed E-state index contributed by atoms with van der Waals surface area (Å²) in [7, 11) is 0. The lowest BCUT2D eigenvalue weighted by atomic mass is 10.0. The molecule has 1 aliphatic heterocycles. The van der Waals surface area contributed by atoms with E-state index in [2.05, 4.69) is 15.3 Å². The molecule has 8 heteroatoms.